The number of aryl methyl sites for hydroxylation is 1. The standard InChI is InChI=1S/C26H26ClN7O/c1-17(24-14-20-6-3-4-8-23(20)35-24)30-26(29-16-28)33-13-5-7-22(33)25-32-31-18(2)34(25)15-19-9-11-21(27)12-10-19/h3-4,6,8-12,14,17,22H,5,7,13,15H2,1-2H3,(H,29,30)/t17-,22+/m0/s1. The number of aromatic nitrogens is 3. The summed E-state index contributed by atoms with van der Waals surface area (Å²) in [5.41, 5.74) is 1.94. The lowest BCUT2D eigenvalue weighted by Gasteiger charge is -2.27. The molecule has 8 nitrogen and oxygen atoms in total. The van der Waals surface area contributed by atoms with Crippen LogP contribution in [-0.2, 0) is 6.54 Å². The third-order valence-corrected chi connectivity index (χ3v) is 6.63. The fraction of sp³-hybridized carbons (Fsp3) is 0.308. The minimum Gasteiger partial charge on any atom is -0.459 e. The predicted molar refractivity (Wildman–Crippen MR) is 135 cm³/mol. The van der Waals surface area contributed by atoms with Gasteiger partial charge in [0.25, 0.3) is 0 Å². The molecule has 0 saturated carbocycles. The van der Waals surface area contributed by atoms with Gasteiger partial charge in [0.15, 0.2) is 12.0 Å². The van der Waals surface area contributed by atoms with Crippen molar-refractivity contribution in [3.8, 4) is 6.19 Å². The summed E-state index contributed by atoms with van der Waals surface area (Å²) < 4.78 is 8.13. The summed E-state index contributed by atoms with van der Waals surface area (Å²) >= 11 is 6.06. The number of fused-ring (bicyclic) bond motifs is 1. The Labute approximate surface area is 208 Å². The zero-order valence-corrected chi connectivity index (χ0v) is 20.4. The SMILES string of the molecule is Cc1nnc([C@H]2CCCN2C(=N[C@@H](C)c2cc3ccccc3o2)NC#N)n1Cc1ccc(Cl)cc1. The second kappa shape index (κ2) is 9.80. The van der Waals surface area contributed by atoms with Crippen LogP contribution in [0.25, 0.3) is 11.0 Å². The zero-order chi connectivity index (χ0) is 24.4. The maximum Gasteiger partial charge on any atom is 0.208 e. The number of nitriles is 1. The van der Waals surface area contributed by atoms with Crippen molar-refractivity contribution in [1.82, 2.24) is 25.0 Å². The first-order valence-electron chi connectivity index (χ1n) is 11.7. The number of furan rings is 1. The summed E-state index contributed by atoms with van der Waals surface area (Å²) in [7, 11) is 0. The Kier molecular flexibility index (Phi) is 6.43. The van der Waals surface area contributed by atoms with Crippen LogP contribution in [0.5, 0.6) is 0 Å². The Morgan fingerprint density at radius 2 is 2.06 bits per heavy atom. The second-order valence-corrected chi connectivity index (χ2v) is 9.16. The smallest absolute Gasteiger partial charge is 0.208 e. The average Bonchev–Trinajstić information content (AvgIpc) is 3.59. The van der Waals surface area contributed by atoms with E-state index in [-0.39, 0.29) is 12.1 Å². The van der Waals surface area contributed by atoms with Gasteiger partial charge in [-0.15, -0.1) is 10.2 Å². The third kappa shape index (κ3) is 4.73. The van der Waals surface area contributed by atoms with Gasteiger partial charge in [-0.25, -0.2) is 4.99 Å². The summed E-state index contributed by atoms with van der Waals surface area (Å²) in [6.45, 7) is 5.33. The van der Waals surface area contributed by atoms with Gasteiger partial charge in [-0.1, -0.05) is 41.9 Å². The topological polar surface area (TPSA) is 95.3 Å². The van der Waals surface area contributed by atoms with Crippen molar-refractivity contribution in [1.29, 1.82) is 5.26 Å². The van der Waals surface area contributed by atoms with E-state index < -0.39 is 0 Å². The van der Waals surface area contributed by atoms with Crippen LogP contribution in [0.2, 0.25) is 5.02 Å². The van der Waals surface area contributed by atoms with Gasteiger partial charge in [-0.05, 0) is 56.5 Å². The molecule has 4 aromatic rings. The van der Waals surface area contributed by atoms with Crippen molar-refractivity contribution in [2.75, 3.05) is 6.54 Å². The molecule has 0 bridgehead atoms. The number of benzene rings is 2. The first kappa shape index (κ1) is 22.9. The van der Waals surface area contributed by atoms with Crippen molar-refractivity contribution < 1.29 is 4.42 Å². The Morgan fingerprint density at radius 3 is 2.83 bits per heavy atom. The number of nitrogens with one attached hydrogen (secondary N) is 1. The van der Waals surface area contributed by atoms with Gasteiger partial charge in [-0.3, -0.25) is 5.32 Å². The predicted octanol–water partition coefficient (Wildman–Crippen LogP) is 5.36. The minimum atomic E-state index is -0.270. The van der Waals surface area contributed by atoms with E-state index in [1.807, 2.05) is 68.4 Å². The van der Waals surface area contributed by atoms with E-state index in [4.69, 9.17) is 21.0 Å². The Bertz CT molecular complexity index is 1370. The van der Waals surface area contributed by atoms with Gasteiger partial charge >= 0.3 is 0 Å². The Balaban J connectivity index is 1.44. The summed E-state index contributed by atoms with van der Waals surface area (Å²) in [6.07, 6.45) is 3.91. The highest BCUT2D eigenvalue weighted by molar-refractivity contribution is 6.30. The molecular weight excluding hydrogens is 462 g/mol. The molecule has 0 spiro atoms. The molecule has 1 fully saturated rings. The molecule has 1 aliphatic heterocycles. The first-order chi connectivity index (χ1) is 17.0. The van der Waals surface area contributed by atoms with E-state index in [0.29, 0.717) is 17.5 Å². The number of hydrogen-bond acceptors (Lipinski definition) is 5. The normalized spacial score (nSPS) is 17.0. The number of guanidine groups is 1. The van der Waals surface area contributed by atoms with Crippen LogP contribution in [0.3, 0.4) is 0 Å². The van der Waals surface area contributed by atoms with E-state index in [1.165, 1.54) is 0 Å². The summed E-state index contributed by atoms with van der Waals surface area (Å²) in [5, 5.41) is 22.9. The van der Waals surface area contributed by atoms with Crippen molar-refractivity contribution in [3.63, 3.8) is 0 Å². The van der Waals surface area contributed by atoms with Gasteiger partial charge < -0.3 is 13.9 Å². The van der Waals surface area contributed by atoms with Crippen LogP contribution in [0.15, 0.2) is 64.0 Å². The Hall–Kier alpha value is -3.83. The fourth-order valence-electron chi connectivity index (χ4n) is 4.58. The molecule has 0 unspecified atom stereocenters. The van der Waals surface area contributed by atoms with E-state index in [2.05, 4.69) is 31.2 Å². The molecule has 0 radical (unpaired) electrons. The second-order valence-electron chi connectivity index (χ2n) is 8.72. The number of hydrogen-bond donors (Lipinski definition) is 1. The summed E-state index contributed by atoms with van der Waals surface area (Å²) in [5.74, 6) is 2.96. The highest BCUT2D eigenvalue weighted by Gasteiger charge is 2.33. The third-order valence-electron chi connectivity index (χ3n) is 6.38. The van der Waals surface area contributed by atoms with E-state index in [1.54, 1.807) is 0 Å². The molecule has 2 aromatic heterocycles. The molecule has 178 valence electrons. The van der Waals surface area contributed by atoms with E-state index in [9.17, 15) is 5.26 Å². The highest BCUT2D eigenvalue weighted by atomic mass is 35.5. The maximum atomic E-state index is 9.49. The first-order valence-corrected chi connectivity index (χ1v) is 12.0. The van der Waals surface area contributed by atoms with Crippen molar-refractivity contribution >= 4 is 28.5 Å². The molecule has 35 heavy (non-hydrogen) atoms. The molecule has 3 heterocycles. The largest absolute Gasteiger partial charge is 0.459 e. The lowest BCUT2D eigenvalue weighted by atomic mass is 10.2. The molecule has 5 rings (SSSR count). The summed E-state index contributed by atoms with van der Waals surface area (Å²) in [6, 6.07) is 17.4. The monoisotopic (exact) mass is 487 g/mol. The lowest BCUT2D eigenvalue weighted by molar-refractivity contribution is 0.360. The highest BCUT2D eigenvalue weighted by Crippen LogP contribution is 2.33. The van der Waals surface area contributed by atoms with Crippen LogP contribution in [0, 0.1) is 18.4 Å². The molecule has 9 heteroatoms. The molecule has 1 N–H and O–H groups in total. The van der Waals surface area contributed by atoms with Crippen molar-refractivity contribution in [2.24, 2.45) is 4.99 Å². The molecular formula is C26H26ClN7O. The van der Waals surface area contributed by atoms with E-state index >= 15 is 0 Å². The van der Waals surface area contributed by atoms with Crippen LogP contribution in [0.1, 0.15) is 54.8 Å². The molecule has 1 saturated heterocycles. The molecule has 2 aromatic carbocycles. The van der Waals surface area contributed by atoms with Gasteiger partial charge in [0, 0.05) is 17.0 Å². The van der Waals surface area contributed by atoms with Gasteiger partial charge in [0.1, 0.15) is 23.2 Å². The number of aliphatic imine (C=N–C) groups is 1. The summed E-state index contributed by atoms with van der Waals surface area (Å²) in [4.78, 5) is 6.98. The number of rotatable bonds is 5. The fourth-order valence-corrected chi connectivity index (χ4v) is 4.71. The quantitative estimate of drug-likeness (QED) is 0.176. The number of halogens is 1. The minimum absolute atomic E-state index is 0.0500. The number of nitrogens with zero attached hydrogens (tertiary/aromatic N) is 6. The van der Waals surface area contributed by atoms with Crippen LogP contribution >= 0.6 is 11.6 Å². The molecule has 1 aliphatic rings. The van der Waals surface area contributed by atoms with Gasteiger partial charge in [0.2, 0.25) is 5.96 Å². The number of likely N-dealkylation sites (tertiary alicyclic amines) is 1. The maximum absolute atomic E-state index is 9.49. The van der Waals surface area contributed by atoms with Crippen molar-refractivity contribution in [2.45, 2.75) is 45.3 Å². The van der Waals surface area contributed by atoms with Crippen LogP contribution < -0.4 is 5.32 Å². The van der Waals surface area contributed by atoms with E-state index in [0.717, 1.165) is 53.3 Å². The lowest BCUT2D eigenvalue weighted by Crippen LogP contribution is -2.40. The van der Waals surface area contributed by atoms with Crippen LogP contribution in [0.4, 0.5) is 0 Å². The Morgan fingerprint density at radius 1 is 1.26 bits per heavy atom. The van der Waals surface area contributed by atoms with Crippen LogP contribution in [-0.4, -0.2) is 32.2 Å². The van der Waals surface area contributed by atoms with Crippen molar-refractivity contribution in [3.05, 3.63) is 82.6 Å². The van der Waals surface area contributed by atoms with Gasteiger partial charge in [0.05, 0.1) is 12.6 Å². The molecule has 2 atom stereocenters. The van der Waals surface area contributed by atoms with Gasteiger partial charge in [-0.2, -0.15) is 5.26 Å². The number of para-hydroxylation sites is 1. The molecule has 0 amide bonds. The zero-order valence-electron chi connectivity index (χ0n) is 19.6. The molecule has 0 aliphatic carbocycles. The average molecular weight is 488 g/mol.